The molecule has 3 aromatic carbocycles. The number of benzene rings is 3. The van der Waals surface area contributed by atoms with Gasteiger partial charge >= 0.3 is 0 Å². The minimum Gasteiger partial charge on any atom is -0.354 e. The highest BCUT2D eigenvalue weighted by Gasteiger charge is 2.33. The molecule has 2 amide bonds. The number of hydrogen-bond acceptors (Lipinski definition) is 4. The lowest BCUT2D eigenvalue weighted by Crippen LogP contribution is -2.51. The third-order valence-electron chi connectivity index (χ3n) is 6.57. The summed E-state index contributed by atoms with van der Waals surface area (Å²) in [5.41, 5.74) is 2.58. The van der Waals surface area contributed by atoms with E-state index in [-0.39, 0.29) is 23.3 Å². The summed E-state index contributed by atoms with van der Waals surface area (Å²) in [5.74, 6) is -1.14. The molecular formula is C30H36FN3O4S. The van der Waals surface area contributed by atoms with Crippen molar-refractivity contribution < 1.29 is 22.4 Å². The van der Waals surface area contributed by atoms with Gasteiger partial charge < -0.3 is 10.2 Å². The lowest BCUT2D eigenvalue weighted by atomic mass is 10.1. The fourth-order valence-electron chi connectivity index (χ4n) is 4.06. The number of amides is 2. The summed E-state index contributed by atoms with van der Waals surface area (Å²) < 4.78 is 42.4. The Morgan fingerprint density at radius 1 is 0.897 bits per heavy atom. The van der Waals surface area contributed by atoms with Crippen molar-refractivity contribution in [3.05, 3.63) is 95.3 Å². The van der Waals surface area contributed by atoms with Crippen molar-refractivity contribution in [2.45, 2.75) is 52.1 Å². The summed E-state index contributed by atoms with van der Waals surface area (Å²) in [6.45, 7) is 9.11. The van der Waals surface area contributed by atoms with E-state index >= 15 is 0 Å². The Labute approximate surface area is 230 Å². The van der Waals surface area contributed by atoms with Crippen LogP contribution in [0.2, 0.25) is 0 Å². The predicted molar refractivity (Wildman–Crippen MR) is 151 cm³/mol. The molecule has 0 saturated heterocycles. The number of carbonyl (C=O) groups excluding carboxylic acids is 2. The second kappa shape index (κ2) is 12.9. The maximum Gasteiger partial charge on any atom is 0.264 e. The maximum absolute atomic E-state index is 13.9. The van der Waals surface area contributed by atoms with Crippen molar-refractivity contribution >= 4 is 27.5 Å². The SMILES string of the molecule is Cc1cccc(N(CC(=O)N(Cc2ccc(F)cc2)[C@H](C)C(=O)NCC(C)C)S(=O)(=O)c2ccccc2)c1C. The first kappa shape index (κ1) is 29.8. The van der Waals surface area contributed by atoms with Crippen LogP contribution in [0.5, 0.6) is 0 Å². The fourth-order valence-corrected chi connectivity index (χ4v) is 5.55. The summed E-state index contributed by atoms with van der Waals surface area (Å²) in [6, 6.07) is 17.9. The maximum atomic E-state index is 13.9. The number of hydrogen-bond donors (Lipinski definition) is 1. The second-order valence-corrected chi connectivity index (χ2v) is 11.9. The molecule has 0 aliphatic rings. The van der Waals surface area contributed by atoms with E-state index in [0.29, 0.717) is 17.8 Å². The van der Waals surface area contributed by atoms with Gasteiger partial charge in [-0.05, 0) is 73.7 Å². The molecule has 0 radical (unpaired) electrons. The number of aryl methyl sites for hydroxylation is 1. The molecule has 0 aliphatic heterocycles. The van der Waals surface area contributed by atoms with Gasteiger partial charge in [-0.15, -0.1) is 0 Å². The lowest BCUT2D eigenvalue weighted by Gasteiger charge is -2.32. The first-order valence-electron chi connectivity index (χ1n) is 12.9. The predicted octanol–water partition coefficient (Wildman–Crippen LogP) is 4.83. The Balaban J connectivity index is 2.04. The van der Waals surface area contributed by atoms with Crippen molar-refractivity contribution in [3.63, 3.8) is 0 Å². The summed E-state index contributed by atoms with van der Waals surface area (Å²) in [5, 5.41) is 2.85. The average molecular weight is 554 g/mol. The molecule has 9 heteroatoms. The normalized spacial score (nSPS) is 12.2. The molecule has 1 atom stereocenters. The number of rotatable bonds is 11. The van der Waals surface area contributed by atoms with Crippen LogP contribution in [0.3, 0.4) is 0 Å². The van der Waals surface area contributed by atoms with Gasteiger partial charge in [0.25, 0.3) is 10.0 Å². The molecule has 0 aromatic heterocycles. The minimum absolute atomic E-state index is 0.00139. The standard InChI is InChI=1S/C30H36FN3O4S/c1-21(2)18-32-30(36)24(5)33(19-25-14-16-26(31)17-15-25)29(35)20-34(28-13-9-10-22(3)23(28)4)39(37,38)27-11-7-6-8-12-27/h6-17,21,24H,18-20H2,1-5H3,(H,32,36)/t24-/m1/s1. The number of nitrogens with zero attached hydrogens (tertiary/aromatic N) is 2. The highest BCUT2D eigenvalue weighted by atomic mass is 32.2. The van der Waals surface area contributed by atoms with Gasteiger partial charge in [-0.3, -0.25) is 13.9 Å². The van der Waals surface area contributed by atoms with Crippen LogP contribution in [0.15, 0.2) is 77.7 Å². The molecule has 0 bridgehead atoms. The molecule has 0 spiro atoms. The van der Waals surface area contributed by atoms with Crippen LogP contribution in [-0.4, -0.2) is 44.3 Å². The van der Waals surface area contributed by atoms with Crippen molar-refractivity contribution in [3.8, 4) is 0 Å². The third-order valence-corrected chi connectivity index (χ3v) is 8.35. The molecule has 0 fully saturated rings. The van der Waals surface area contributed by atoms with Gasteiger partial charge in [-0.25, -0.2) is 12.8 Å². The van der Waals surface area contributed by atoms with Crippen LogP contribution in [0.25, 0.3) is 0 Å². The summed E-state index contributed by atoms with van der Waals surface area (Å²) >= 11 is 0. The third kappa shape index (κ3) is 7.44. The van der Waals surface area contributed by atoms with E-state index in [9.17, 15) is 22.4 Å². The number of halogens is 1. The zero-order chi connectivity index (χ0) is 28.7. The Hall–Kier alpha value is -3.72. The summed E-state index contributed by atoms with van der Waals surface area (Å²) in [6.07, 6.45) is 0. The van der Waals surface area contributed by atoms with Gasteiger partial charge in [-0.2, -0.15) is 0 Å². The highest BCUT2D eigenvalue weighted by molar-refractivity contribution is 7.92. The highest BCUT2D eigenvalue weighted by Crippen LogP contribution is 2.29. The van der Waals surface area contributed by atoms with Crippen LogP contribution < -0.4 is 9.62 Å². The molecule has 0 unspecified atom stereocenters. The van der Waals surface area contributed by atoms with Gasteiger partial charge in [0.15, 0.2) is 0 Å². The largest absolute Gasteiger partial charge is 0.354 e. The van der Waals surface area contributed by atoms with E-state index < -0.39 is 34.3 Å². The van der Waals surface area contributed by atoms with Crippen LogP contribution in [0, 0.1) is 25.6 Å². The number of anilines is 1. The Bertz CT molecular complexity index is 1390. The summed E-state index contributed by atoms with van der Waals surface area (Å²) in [4.78, 5) is 28.3. The van der Waals surface area contributed by atoms with E-state index in [0.717, 1.165) is 15.4 Å². The van der Waals surface area contributed by atoms with Crippen molar-refractivity contribution in [1.29, 1.82) is 0 Å². The monoisotopic (exact) mass is 553 g/mol. The van der Waals surface area contributed by atoms with Crippen molar-refractivity contribution in [2.24, 2.45) is 5.92 Å². The van der Waals surface area contributed by atoms with Crippen molar-refractivity contribution in [2.75, 3.05) is 17.4 Å². The average Bonchev–Trinajstić information content (AvgIpc) is 2.91. The molecule has 1 N–H and O–H groups in total. The van der Waals surface area contributed by atoms with E-state index in [4.69, 9.17) is 0 Å². The molecule has 208 valence electrons. The van der Waals surface area contributed by atoms with Crippen molar-refractivity contribution in [1.82, 2.24) is 10.2 Å². The smallest absolute Gasteiger partial charge is 0.264 e. The van der Waals surface area contributed by atoms with Crippen LogP contribution in [-0.2, 0) is 26.2 Å². The summed E-state index contributed by atoms with van der Waals surface area (Å²) in [7, 11) is -4.13. The Morgan fingerprint density at radius 2 is 1.54 bits per heavy atom. The molecule has 7 nitrogen and oxygen atoms in total. The first-order valence-corrected chi connectivity index (χ1v) is 14.3. The molecule has 0 heterocycles. The van der Waals surface area contributed by atoms with Gasteiger partial charge in [0.2, 0.25) is 11.8 Å². The topological polar surface area (TPSA) is 86.8 Å². The number of sulfonamides is 1. The van der Waals surface area contributed by atoms with Gasteiger partial charge in [0.05, 0.1) is 10.6 Å². The van der Waals surface area contributed by atoms with E-state index in [2.05, 4.69) is 5.32 Å². The molecule has 0 aliphatic carbocycles. The van der Waals surface area contributed by atoms with Crippen LogP contribution in [0.1, 0.15) is 37.5 Å². The molecular weight excluding hydrogens is 517 g/mol. The fraction of sp³-hybridized carbons (Fsp3) is 0.333. The molecule has 0 saturated carbocycles. The Morgan fingerprint density at radius 3 is 2.15 bits per heavy atom. The lowest BCUT2D eigenvalue weighted by molar-refractivity contribution is -0.139. The number of nitrogens with one attached hydrogen (secondary N) is 1. The van der Waals surface area contributed by atoms with Gasteiger partial charge in [-0.1, -0.05) is 56.3 Å². The molecule has 3 aromatic rings. The second-order valence-electron chi connectivity index (χ2n) is 10.0. The zero-order valence-electron chi connectivity index (χ0n) is 23.0. The van der Waals surface area contributed by atoms with Crippen LogP contribution in [0.4, 0.5) is 10.1 Å². The molecule has 3 rings (SSSR count). The van der Waals surface area contributed by atoms with Gasteiger partial charge in [0, 0.05) is 13.1 Å². The molecule has 39 heavy (non-hydrogen) atoms. The van der Waals surface area contributed by atoms with E-state index in [1.54, 1.807) is 44.2 Å². The zero-order valence-corrected chi connectivity index (χ0v) is 23.8. The number of carbonyl (C=O) groups is 2. The quantitative estimate of drug-likeness (QED) is 0.369. The van der Waals surface area contributed by atoms with E-state index in [1.807, 2.05) is 26.8 Å². The Kier molecular flexibility index (Phi) is 9.86. The first-order chi connectivity index (χ1) is 18.4. The van der Waals surface area contributed by atoms with Crippen LogP contribution >= 0.6 is 0 Å². The van der Waals surface area contributed by atoms with E-state index in [1.165, 1.54) is 41.3 Å². The minimum atomic E-state index is -4.13. The van der Waals surface area contributed by atoms with Gasteiger partial charge in [0.1, 0.15) is 18.4 Å².